The highest BCUT2D eigenvalue weighted by molar-refractivity contribution is 5.69. The van der Waals surface area contributed by atoms with Crippen LogP contribution in [0.4, 0.5) is 9.18 Å². The van der Waals surface area contributed by atoms with Gasteiger partial charge < -0.3 is 4.74 Å². The molecule has 0 aromatic carbocycles. The SMILES string of the molecule is CCCCCCOC(=O)n1cc(F)c(=O)[nH]c1=O. The van der Waals surface area contributed by atoms with Gasteiger partial charge in [0.25, 0.3) is 5.56 Å². The molecule has 0 aliphatic carbocycles. The fourth-order valence-corrected chi connectivity index (χ4v) is 1.34. The minimum Gasteiger partial charge on any atom is -0.449 e. The van der Waals surface area contributed by atoms with Crippen molar-refractivity contribution in [2.24, 2.45) is 0 Å². The van der Waals surface area contributed by atoms with Gasteiger partial charge in [-0.25, -0.2) is 14.2 Å². The van der Waals surface area contributed by atoms with Gasteiger partial charge in [0.15, 0.2) is 0 Å². The molecule has 100 valence electrons. The van der Waals surface area contributed by atoms with Crippen molar-refractivity contribution >= 4 is 6.09 Å². The zero-order chi connectivity index (χ0) is 13.5. The summed E-state index contributed by atoms with van der Waals surface area (Å²) in [4.78, 5) is 35.0. The van der Waals surface area contributed by atoms with E-state index < -0.39 is 23.2 Å². The number of nitrogens with one attached hydrogen (secondary N) is 1. The Kier molecular flexibility index (Phi) is 5.29. The second kappa shape index (κ2) is 6.73. The lowest BCUT2D eigenvalue weighted by Crippen LogP contribution is -2.35. The Morgan fingerprint density at radius 3 is 2.78 bits per heavy atom. The van der Waals surface area contributed by atoms with E-state index in [2.05, 4.69) is 6.92 Å². The third-order valence-corrected chi connectivity index (χ3v) is 2.32. The van der Waals surface area contributed by atoms with Crippen molar-refractivity contribution in [2.75, 3.05) is 6.61 Å². The summed E-state index contributed by atoms with van der Waals surface area (Å²) in [6, 6.07) is 0. The number of carbonyl (C=O) groups excluding carboxylic acids is 1. The molecular weight excluding hydrogens is 243 g/mol. The van der Waals surface area contributed by atoms with E-state index in [1.165, 1.54) is 0 Å². The average molecular weight is 258 g/mol. The summed E-state index contributed by atoms with van der Waals surface area (Å²) in [6.45, 7) is 2.21. The van der Waals surface area contributed by atoms with E-state index in [0.717, 1.165) is 19.3 Å². The van der Waals surface area contributed by atoms with E-state index in [9.17, 15) is 18.8 Å². The predicted molar refractivity (Wildman–Crippen MR) is 62.2 cm³/mol. The molecule has 7 heteroatoms. The molecule has 0 fully saturated rings. The summed E-state index contributed by atoms with van der Waals surface area (Å²) >= 11 is 0. The van der Waals surface area contributed by atoms with Crippen LogP contribution in [0.15, 0.2) is 15.8 Å². The van der Waals surface area contributed by atoms with Gasteiger partial charge in [0.05, 0.1) is 12.8 Å². The number of unbranched alkanes of at least 4 members (excludes halogenated alkanes) is 3. The Balaban J connectivity index is 2.60. The maximum absolute atomic E-state index is 12.9. The first-order chi connectivity index (χ1) is 8.56. The van der Waals surface area contributed by atoms with Crippen LogP contribution in [-0.4, -0.2) is 22.3 Å². The first-order valence-electron chi connectivity index (χ1n) is 5.75. The highest BCUT2D eigenvalue weighted by Gasteiger charge is 2.11. The zero-order valence-electron chi connectivity index (χ0n) is 10.1. The first-order valence-corrected chi connectivity index (χ1v) is 5.75. The summed E-state index contributed by atoms with van der Waals surface area (Å²) in [6.07, 6.45) is 3.21. The molecule has 0 bridgehead atoms. The van der Waals surface area contributed by atoms with Crippen molar-refractivity contribution < 1.29 is 13.9 Å². The second-order valence-corrected chi connectivity index (χ2v) is 3.78. The van der Waals surface area contributed by atoms with Crippen molar-refractivity contribution in [3.63, 3.8) is 0 Å². The van der Waals surface area contributed by atoms with Gasteiger partial charge in [0.2, 0.25) is 5.82 Å². The van der Waals surface area contributed by atoms with Crippen molar-refractivity contribution in [3.05, 3.63) is 32.9 Å². The lowest BCUT2D eigenvalue weighted by Gasteiger charge is -2.05. The van der Waals surface area contributed by atoms with Gasteiger partial charge in [-0.1, -0.05) is 26.2 Å². The van der Waals surface area contributed by atoms with E-state index in [1.54, 1.807) is 4.98 Å². The van der Waals surface area contributed by atoms with Crippen LogP contribution in [0.25, 0.3) is 0 Å². The number of aromatic amines is 1. The van der Waals surface area contributed by atoms with E-state index in [1.807, 2.05) is 0 Å². The molecule has 0 saturated heterocycles. The number of aromatic nitrogens is 2. The van der Waals surface area contributed by atoms with Crippen LogP contribution in [0.3, 0.4) is 0 Å². The minimum atomic E-state index is -1.21. The Morgan fingerprint density at radius 2 is 2.11 bits per heavy atom. The number of carbonyl (C=O) groups is 1. The molecule has 0 aliphatic heterocycles. The summed E-state index contributed by atoms with van der Waals surface area (Å²) < 4.78 is 18.1. The van der Waals surface area contributed by atoms with Crippen LogP contribution >= 0.6 is 0 Å². The van der Waals surface area contributed by atoms with E-state index in [-0.39, 0.29) is 6.61 Å². The minimum absolute atomic E-state index is 0.159. The number of H-pyrrole nitrogens is 1. The molecule has 0 atom stereocenters. The van der Waals surface area contributed by atoms with Crippen LogP contribution in [0.5, 0.6) is 0 Å². The molecule has 0 radical (unpaired) electrons. The topological polar surface area (TPSA) is 81.2 Å². The largest absolute Gasteiger partial charge is 0.449 e. The number of hydrogen-bond donors (Lipinski definition) is 1. The van der Waals surface area contributed by atoms with E-state index >= 15 is 0 Å². The molecule has 0 unspecified atom stereocenters. The molecule has 1 aromatic heterocycles. The number of halogens is 1. The van der Waals surface area contributed by atoms with Gasteiger partial charge in [-0.3, -0.25) is 9.78 Å². The number of ether oxygens (including phenoxy) is 1. The highest BCUT2D eigenvalue weighted by atomic mass is 19.1. The Labute approximate surface area is 102 Å². The number of hydrogen-bond acceptors (Lipinski definition) is 4. The van der Waals surface area contributed by atoms with Crippen LogP contribution in [0.2, 0.25) is 0 Å². The summed E-state index contributed by atoms with van der Waals surface area (Å²) in [5.41, 5.74) is -2.17. The van der Waals surface area contributed by atoms with Crippen LogP contribution in [-0.2, 0) is 4.74 Å². The maximum Gasteiger partial charge on any atom is 0.422 e. The van der Waals surface area contributed by atoms with Crippen molar-refractivity contribution in [3.8, 4) is 0 Å². The molecule has 1 heterocycles. The van der Waals surface area contributed by atoms with Gasteiger partial charge in [0, 0.05) is 0 Å². The van der Waals surface area contributed by atoms with Gasteiger partial charge in [0.1, 0.15) is 0 Å². The van der Waals surface area contributed by atoms with Crippen molar-refractivity contribution in [1.29, 1.82) is 0 Å². The molecular formula is C11H15FN2O4. The fourth-order valence-electron chi connectivity index (χ4n) is 1.34. The first kappa shape index (κ1) is 14.1. The van der Waals surface area contributed by atoms with Gasteiger partial charge >= 0.3 is 11.8 Å². The fraction of sp³-hybridized carbons (Fsp3) is 0.545. The number of rotatable bonds is 5. The molecule has 1 N–H and O–H groups in total. The van der Waals surface area contributed by atoms with Crippen LogP contribution in [0.1, 0.15) is 32.6 Å². The van der Waals surface area contributed by atoms with E-state index in [4.69, 9.17) is 4.74 Å². The summed E-state index contributed by atoms with van der Waals surface area (Å²) in [7, 11) is 0. The Hall–Kier alpha value is -1.92. The van der Waals surface area contributed by atoms with Gasteiger partial charge in [-0.05, 0) is 6.42 Å². The predicted octanol–water partition coefficient (Wildman–Crippen LogP) is 1.24. The summed E-state index contributed by atoms with van der Waals surface area (Å²) in [5.74, 6) is -1.21. The third-order valence-electron chi connectivity index (χ3n) is 2.32. The van der Waals surface area contributed by atoms with Gasteiger partial charge in [-0.2, -0.15) is 4.39 Å². The molecule has 6 nitrogen and oxygen atoms in total. The lowest BCUT2D eigenvalue weighted by molar-refractivity contribution is 0.143. The molecule has 1 rings (SSSR count). The standard InChI is InChI=1S/C11H15FN2O4/c1-2-3-4-5-6-18-11(17)14-7-8(12)9(15)13-10(14)16/h7H,2-6H2,1H3,(H,13,15,16). The zero-order valence-corrected chi connectivity index (χ0v) is 10.1. The normalized spacial score (nSPS) is 10.3. The summed E-state index contributed by atoms with van der Waals surface area (Å²) in [5, 5.41) is 0. The van der Waals surface area contributed by atoms with Crippen LogP contribution < -0.4 is 11.2 Å². The monoisotopic (exact) mass is 258 g/mol. The maximum atomic E-state index is 12.9. The Morgan fingerprint density at radius 1 is 1.39 bits per heavy atom. The smallest absolute Gasteiger partial charge is 0.422 e. The second-order valence-electron chi connectivity index (χ2n) is 3.78. The van der Waals surface area contributed by atoms with E-state index in [0.29, 0.717) is 17.2 Å². The molecule has 0 aliphatic rings. The molecule has 0 saturated carbocycles. The molecule has 1 aromatic rings. The van der Waals surface area contributed by atoms with Gasteiger partial charge in [-0.15, -0.1) is 0 Å². The molecule has 0 spiro atoms. The number of nitrogens with zero attached hydrogens (tertiary/aromatic N) is 1. The Bertz CT molecular complexity index is 521. The lowest BCUT2D eigenvalue weighted by atomic mass is 10.2. The van der Waals surface area contributed by atoms with Crippen LogP contribution in [0, 0.1) is 5.82 Å². The third kappa shape index (κ3) is 3.83. The molecule has 18 heavy (non-hydrogen) atoms. The molecule has 0 amide bonds. The van der Waals surface area contributed by atoms with Crippen molar-refractivity contribution in [2.45, 2.75) is 32.6 Å². The highest BCUT2D eigenvalue weighted by Crippen LogP contribution is 1.99. The quantitative estimate of drug-likeness (QED) is 0.806. The van der Waals surface area contributed by atoms with Crippen molar-refractivity contribution in [1.82, 2.24) is 9.55 Å². The average Bonchev–Trinajstić information content (AvgIpc) is 2.33.